The van der Waals surface area contributed by atoms with Gasteiger partial charge in [-0.15, -0.1) is 0 Å². The monoisotopic (exact) mass is 603 g/mol. The summed E-state index contributed by atoms with van der Waals surface area (Å²) >= 11 is 0. The van der Waals surface area contributed by atoms with Crippen LogP contribution in [0, 0.1) is 5.92 Å². The number of fused-ring (bicyclic) bond motifs is 1. The predicted molar refractivity (Wildman–Crippen MR) is 116 cm³/mol. The van der Waals surface area contributed by atoms with Gasteiger partial charge in [-0.3, -0.25) is 9.88 Å². The molecule has 0 saturated carbocycles. The van der Waals surface area contributed by atoms with E-state index >= 15 is 0 Å². The quantitative estimate of drug-likeness (QED) is 0.440. The van der Waals surface area contributed by atoms with Crippen LogP contribution in [0.4, 0.5) is 39.5 Å². The Labute approximate surface area is 220 Å². The van der Waals surface area contributed by atoms with Gasteiger partial charge >= 0.3 is 36.4 Å². The first-order valence-electron chi connectivity index (χ1n) is 10.9. The van der Waals surface area contributed by atoms with Crippen molar-refractivity contribution in [1.29, 1.82) is 0 Å². The fraction of sp³-hybridized carbons (Fsp3) is 0.619. The molecule has 0 aliphatic carbocycles. The van der Waals surface area contributed by atoms with Crippen LogP contribution in [-0.4, -0.2) is 112 Å². The average molecular weight is 603 g/mol. The van der Waals surface area contributed by atoms with Crippen molar-refractivity contribution in [3.8, 4) is 0 Å². The number of aliphatic carboxylic acids is 3. The number of likely N-dealkylation sites (N-methyl/N-ethyl adjacent to an activating group) is 1. The highest BCUT2D eigenvalue weighted by atomic mass is 19.4. The third kappa shape index (κ3) is 15.4. The van der Waals surface area contributed by atoms with Crippen molar-refractivity contribution >= 4 is 17.9 Å². The maximum atomic E-state index is 10.6. The second-order valence-corrected chi connectivity index (χ2v) is 8.48. The molecule has 0 radical (unpaired) electrons. The summed E-state index contributed by atoms with van der Waals surface area (Å²) in [5.41, 5.74) is 1.16. The Morgan fingerprint density at radius 2 is 1.35 bits per heavy atom. The summed E-state index contributed by atoms with van der Waals surface area (Å²) in [5, 5.41) is 21.4. The van der Waals surface area contributed by atoms with Gasteiger partial charge in [0.2, 0.25) is 0 Å². The summed E-state index contributed by atoms with van der Waals surface area (Å²) in [5.74, 6) is -7.55. The van der Waals surface area contributed by atoms with Gasteiger partial charge in [0.25, 0.3) is 0 Å². The van der Waals surface area contributed by atoms with E-state index < -0.39 is 36.4 Å². The highest BCUT2D eigenvalue weighted by molar-refractivity contribution is 5.73. The van der Waals surface area contributed by atoms with Gasteiger partial charge in [0, 0.05) is 38.3 Å². The fourth-order valence-corrected chi connectivity index (χ4v) is 3.32. The van der Waals surface area contributed by atoms with E-state index in [2.05, 4.69) is 41.0 Å². The minimum atomic E-state index is -5.08. The second kappa shape index (κ2) is 15.6. The zero-order valence-electron chi connectivity index (χ0n) is 20.8. The Hall–Kier alpha value is -3.19. The largest absolute Gasteiger partial charge is 0.490 e. The van der Waals surface area contributed by atoms with Crippen LogP contribution < -0.4 is 0 Å². The van der Waals surface area contributed by atoms with Gasteiger partial charge in [-0.25, -0.2) is 14.4 Å². The SMILES string of the molecule is CN(C)C[C@H]1C[C@@H]2CN(Cc3ccccn3)C[C@@H]2O1.O=C(O)C(F)(F)F.O=C(O)C(F)(F)F.O=C(O)C(F)(F)F. The number of hydrogen-bond donors (Lipinski definition) is 3. The average Bonchev–Trinajstić information content (AvgIpc) is 3.31. The summed E-state index contributed by atoms with van der Waals surface area (Å²) in [6.07, 6.45) is -11.3. The van der Waals surface area contributed by atoms with E-state index in [1.165, 1.54) is 6.42 Å². The standard InChI is InChI=1S/C15H23N3O.3C2HF3O2/c1-17(2)10-14-7-12-8-18(11-15(12)19-14)9-13-5-3-4-6-16-13;3*3-2(4,5)1(6)7/h3-6,12,14-15H,7-11H2,1-2H3;3*(H,6,7)/t12-,14-,15+;;;/m1.../s1. The molecule has 10 nitrogen and oxygen atoms in total. The Bertz CT molecular complexity index is 871. The molecule has 0 aromatic carbocycles. The van der Waals surface area contributed by atoms with E-state index in [1.807, 2.05) is 12.3 Å². The molecule has 0 amide bonds. The highest BCUT2D eigenvalue weighted by Crippen LogP contribution is 2.33. The number of rotatable bonds is 4. The van der Waals surface area contributed by atoms with Crippen molar-refractivity contribution in [2.75, 3.05) is 33.7 Å². The van der Waals surface area contributed by atoms with Crippen LogP contribution in [0.5, 0.6) is 0 Å². The van der Waals surface area contributed by atoms with Crippen LogP contribution in [0.25, 0.3) is 0 Å². The summed E-state index contributed by atoms with van der Waals surface area (Å²) in [4.78, 5) is 35.8. The normalized spacial score (nSPS) is 20.6. The highest BCUT2D eigenvalue weighted by Gasteiger charge is 2.42. The zero-order chi connectivity index (χ0) is 31.5. The van der Waals surface area contributed by atoms with Crippen molar-refractivity contribution in [3.63, 3.8) is 0 Å². The molecule has 0 unspecified atom stereocenters. The molecule has 2 saturated heterocycles. The zero-order valence-corrected chi connectivity index (χ0v) is 20.8. The Balaban J connectivity index is 0.000000603. The number of carboxylic acids is 3. The van der Waals surface area contributed by atoms with Crippen LogP contribution in [-0.2, 0) is 25.7 Å². The van der Waals surface area contributed by atoms with E-state index in [9.17, 15) is 39.5 Å². The van der Waals surface area contributed by atoms with E-state index in [-0.39, 0.29) is 0 Å². The molecule has 0 bridgehead atoms. The maximum Gasteiger partial charge on any atom is 0.490 e. The van der Waals surface area contributed by atoms with Crippen molar-refractivity contribution in [2.24, 2.45) is 5.92 Å². The van der Waals surface area contributed by atoms with E-state index in [4.69, 9.17) is 34.4 Å². The third-order valence-corrected chi connectivity index (χ3v) is 4.80. The number of nitrogens with zero attached hydrogens (tertiary/aromatic N) is 3. The van der Waals surface area contributed by atoms with Crippen molar-refractivity contribution in [1.82, 2.24) is 14.8 Å². The van der Waals surface area contributed by atoms with Gasteiger partial charge in [-0.1, -0.05) is 6.07 Å². The molecule has 2 aliphatic rings. The molecular weight excluding hydrogens is 577 g/mol. The minimum Gasteiger partial charge on any atom is -0.475 e. The van der Waals surface area contributed by atoms with Gasteiger partial charge < -0.3 is 25.0 Å². The first-order valence-corrected chi connectivity index (χ1v) is 10.9. The molecule has 19 heteroatoms. The lowest BCUT2D eigenvalue weighted by Gasteiger charge is -2.20. The van der Waals surface area contributed by atoms with Gasteiger partial charge in [0.1, 0.15) is 0 Å². The summed E-state index contributed by atoms with van der Waals surface area (Å²) in [6, 6.07) is 6.13. The number of pyridine rings is 1. The van der Waals surface area contributed by atoms with Crippen LogP contribution in [0.3, 0.4) is 0 Å². The van der Waals surface area contributed by atoms with Crippen molar-refractivity contribution in [2.45, 2.75) is 43.7 Å². The Morgan fingerprint density at radius 3 is 1.68 bits per heavy atom. The smallest absolute Gasteiger partial charge is 0.475 e. The summed E-state index contributed by atoms with van der Waals surface area (Å²) < 4.78 is 101. The number of ether oxygens (including phenoxy) is 1. The number of carbonyl (C=O) groups is 3. The molecule has 230 valence electrons. The molecule has 2 aliphatic heterocycles. The van der Waals surface area contributed by atoms with Crippen molar-refractivity contribution in [3.05, 3.63) is 30.1 Å². The number of alkyl halides is 9. The Kier molecular flexibility index (Phi) is 14.3. The number of aromatic nitrogens is 1. The molecule has 3 rings (SSSR count). The first-order chi connectivity index (χ1) is 18.0. The molecule has 1 aromatic heterocycles. The van der Waals surface area contributed by atoms with Gasteiger partial charge in [-0.2, -0.15) is 39.5 Å². The number of hydrogen-bond acceptors (Lipinski definition) is 7. The number of halogens is 9. The maximum absolute atomic E-state index is 10.6. The minimum absolute atomic E-state index is 0.432. The molecular formula is C21H26F9N3O7. The van der Waals surface area contributed by atoms with Crippen molar-refractivity contribution < 1.29 is 74.0 Å². The Morgan fingerprint density at radius 1 is 0.900 bits per heavy atom. The molecule has 40 heavy (non-hydrogen) atoms. The van der Waals surface area contributed by atoms with E-state index in [0.717, 1.165) is 31.9 Å². The van der Waals surface area contributed by atoms with Crippen LogP contribution in [0.2, 0.25) is 0 Å². The topological polar surface area (TPSA) is 140 Å². The van der Waals surface area contributed by atoms with E-state index in [1.54, 1.807) is 0 Å². The van der Waals surface area contributed by atoms with Crippen LogP contribution in [0.15, 0.2) is 24.4 Å². The van der Waals surface area contributed by atoms with Gasteiger partial charge in [0.05, 0.1) is 17.9 Å². The second-order valence-electron chi connectivity index (χ2n) is 8.48. The molecule has 3 heterocycles. The molecule has 3 atom stereocenters. The number of carboxylic acid groups (broad SMARTS) is 3. The lowest BCUT2D eigenvalue weighted by Crippen LogP contribution is -2.30. The molecule has 0 spiro atoms. The third-order valence-electron chi connectivity index (χ3n) is 4.80. The molecule has 2 fully saturated rings. The lowest BCUT2D eigenvalue weighted by molar-refractivity contribution is -0.193. The van der Waals surface area contributed by atoms with Crippen LogP contribution >= 0.6 is 0 Å². The predicted octanol–water partition coefficient (Wildman–Crippen LogP) is 3.13. The molecule has 1 aromatic rings. The number of likely N-dealkylation sites (tertiary alicyclic amines) is 1. The lowest BCUT2D eigenvalue weighted by atomic mass is 10.0. The summed E-state index contributed by atoms with van der Waals surface area (Å²) in [6.45, 7) is 4.22. The fourth-order valence-electron chi connectivity index (χ4n) is 3.32. The molecule has 3 N–H and O–H groups in total. The van der Waals surface area contributed by atoms with E-state index in [0.29, 0.717) is 18.1 Å². The summed E-state index contributed by atoms with van der Waals surface area (Å²) in [7, 11) is 4.23. The van der Waals surface area contributed by atoms with Crippen LogP contribution in [0.1, 0.15) is 12.1 Å². The van der Waals surface area contributed by atoms with Gasteiger partial charge in [-0.05, 0) is 32.6 Å². The van der Waals surface area contributed by atoms with Gasteiger partial charge in [0.15, 0.2) is 0 Å². The first kappa shape index (κ1) is 36.8.